The molecule has 9 heteroatoms. The molecule has 9 nitrogen and oxygen atoms in total. The van der Waals surface area contributed by atoms with Crippen LogP contribution >= 0.6 is 0 Å². The Bertz CT molecular complexity index is 1020. The van der Waals surface area contributed by atoms with Crippen molar-refractivity contribution in [2.75, 3.05) is 5.32 Å². The summed E-state index contributed by atoms with van der Waals surface area (Å²) in [5.41, 5.74) is 9.68. The quantitative estimate of drug-likeness (QED) is 0.482. The second-order valence-electron chi connectivity index (χ2n) is 6.69. The number of fused-ring (bicyclic) bond motifs is 4. The van der Waals surface area contributed by atoms with Gasteiger partial charge in [0, 0.05) is 41.5 Å². The van der Waals surface area contributed by atoms with Crippen molar-refractivity contribution in [1.82, 2.24) is 4.98 Å². The molecule has 3 aliphatic rings. The van der Waals surface area contributed by atoms with Gasteiger partial charge >= 0.3 is 0 Å². The molecule has 3 heterocycles. The summed E-state index contributed by atoms with van der Waals surface area (Å²) < 4.78 is 11.8. The smallest absolute Gasteiger partial charge is 0.225 e. The predicted octanol–water partition coefficient (Wildman–Crippen LogP) is 3.85. The summed E-state index contributed by atoms with van der Waals surface area (Å²) in [6, 6.07) is 7.82. The molecule has 2 aliphatic heterocycles. The van der Waals surface area contributed by atoms with Crippen LogP contribution in [0.25, 0.3) is 10.4 Å². The number of nitrogens with one attached hydrogen (secondary N) is 1. The number of carbonyl (C=O) groups is 2. The summed E-state index contributed by atoms with van der Waals surface area (Å²) in [7, 11) is 0. The van der Waals surface area contributed by atoms with Crippen molar-refractivity contribution in [2.24, 2.45) is 5.11 Å². The number of hydrogen-bond donors (Lipinski definition) is 1. The highest BCUT2D eigenvalue weighted by Crippen LogP contribution is 2.54. The monoisotopic (exact) mass is 379 g/mol. The molecule has 1 N–H and O–H groups in total. The molecule has 1 fully saturated rings. The Labute approximate surface area is 160 Å². The van der Waals surface area contributed by atoms with Gasteiger partial charge in [0.25, 0.3) is 0 Å². The van der Waals surface area contributed by atoms with E-state index in [4.69, 9.17) is 15.0 Å². The highest BCUT2D eigenvalue weighted by Gasteiger charge is 2.48. The van der Waals surface area contributed by atoms with E-state index in [9.17, 15) is 9.59 Å². The largest absolute Gasteiger partial charge is 0.489 e. The first kappa shape index (κ1) is 17.8. The fourth-order valence-corrected chi connectivity index (χ4v) is 3.32. The minimum absolute atomic E-state index is 0.00612. The van der Waals surface area contributed by atoms with E-state index in [-0.39, 0.29) is 5.91 Å². The zero-order valence-electron chi connectivity index (χ0n) is 15.1. The SMILES string of the molecule is CC(=O)N=[N+]=[N-].O=C1CCc2c(Oc3ccc4c(c3)C3CC3O4)ccnc2N1. The van der Waals surface area contributed by atoms with E-state index in [1.54, 1.807) is 6.20 Å². The first-order chi connectivity index (χ1) is 13.5. The Hall–Kier alpha value is -3.58. The Kier molecular flexibility index (Phi) is 4.58. The molecule has 0 saturated heterocycles. The van der Waals surface area contributed by atoms with Gasteiger partial charge < -0.3 is 14.8 Å². The van der Waals surface area contributed by atoms with Crippen molar-refractivity contribution in [3.8, 4) is 17.2 Å². The van der Waals surface area contributed by atoms with Gasteiger partial charge in [-0.1, -0.05) is 0 Å². The summed E-state index contributed by atoms with van der Waals surface area (Å²) in [4.78, 5) is 27.5. The second-order valence-corrected chi connectivity index (χ2v) is 6.69. The number of azide groups is 1. The molecule has 28 heavy (non-hydrogen) atoms. The maximum atomic E-state index is 11.5. The van der Waals surface area contributed by atoms with Gasteiger partial charge in [-0.25, -0.2) is 4.98 Å². The van der Waals surface area contributed by atoms with Crippen molar-refractivity contribution in [2.45, 2.75) is 38.2 Å². The number of anilines is 1. The lowest BCUT2D eigenvalue weighted by Crippen LogP contribution is -2.20. The van der Waals surface area contributed by atoms with Crippen LogP contribution in [0.1, 0.15) is 36.8 Å². The maximum absolute atomic E-state index is 11.5. The molecule has 0 bridgehead atoms. The molecule has 1 saturated carbocycles. The lowest BCUT2D eigenvalue weighted by Gasteiger charge is -2.19. The van der Waals surface area contributed by atoms with Crippen LogP contribution in [-0.4, -0.2) is 22.9 Å². The van der Waals surface area contributed by atoms with E-state index in [0.717, 1.165) is 29.2 Å². The predicted molar refractivity (Wildman–Crippen MR) is 99.3 cm³/mol. The van der Waals surface area contributed by atoms with Crippen LogP contribution in [0.4, 0.5) is 5.82 Å². The minimum Gasteiger partial charge on any atom is -0.489 e. The molecular formula is C19H17N5O4. The van der Waals surface area contributed by atoms with E-state index in [0.29, 0.717) is 30.7 Å². The molecule has 2 amide bonds. The molecule has 1 aliphatic carbocycles. The van der Waals surface area contributed by atoms with Gasteiger partial charge in [0.05, 0.1) is 0 Å². The number of benzene rings is 1. The molecule has 0 radical (unpaired) electrons. The topological polar surface area (TPSA) is 126 Å². The van der Waals surface area contributed by atoms with Crippen molar-refractivity contribution < 1.29 is 19.1 Å². The fourth-order valence-electron chi connectivity index (χ4n) is 3.32. The van der Waals surface area contributed by atoms with Crippen molar-refractivity contribution in [1.29, 1.82) is 0 Å². The zero-order valence-corrected chi connectivity index (χ0v) is 15.1. The number of amides is 2. The van der Waals surface area contributed by atoms with Crippen LogP contribution < -0.4 is 14.8 Å². The van der Waals surface area contributed by atoms with Crippen LogP contribution in [0.2, 0.25) is 0 Å². The van der Waals surface area contributed by atoms with Crippen molar-refractivity contribution >= 4 is 17.6 Å². The van der Waals surface area contributed by atoms with Gasteiger partial charge in [-0.2, -0.15) is 0 Å². The van der Waals surface area contributed by atoms with Gasteiger partial charge in [0.2, 0.25) is 11.8 Å². The molecule has 2 aromatic rings. The highest BCUT2D eigenvalue weighted by molar-refractivity contribution is 5.93. The van der Waals surface area contributed by atoms with Crippen LogP contribution in [0.15, 0.2) is 35.6 Å². The molecule has 5 rings (SSSR count). The second kappa shape index (κ2) is 7.21. The average molecular weight is 379 g/mol. The van der Waals surface area contributed by atoms with E-state index in [1.165, 1.54) is 12.5 Å². The number of nitrogens with zero attached hydrogens (tertiary/aromatic N) is 4. The molecule has 2 unspecified atom stereocenters. The highest BCUT2D eigenvalue weighted by atomic mass is 16.5. The third-order valence-corrected chi connectivity index (χ3v) is 4.68. The van der Waals surface area contributed by atoms with Crippen LogP contribution in [0, 0.1) is 0 Å². The number of hydrogen-bond acceptors (Lipinski definition) is 5. The lowest BCUT2D eigenvalue weighted by atomic mass is 10.1. The molecule has 2 atom stereocenters. The van der Waals surface area contributed by atoms with Crippen LogP contribution in [0.3, 0.4) is 0 Å². The number of aromatic nitrogens is 1. The van der Waals surface area contributed by atoms with E-state index in [1.807, 2.05) is 18.2 Å². The van der Waals surface area contributed by atoms with Gasteiger partial charge in [-0.05, 0) is 47.8 Å². The van der Waals surface area contributed by atoms with Crippen LogP contribution in [0.5, 0.6) is 17.2 Å². The first-order valence-electron chi connectivity index (χ1n) is 8.87. The Morgan fingerprint density at radius 1 is 1.39 bits per heavy atom. The number of carbonyl (C=O) groups excluding carboxylic acids is 2. The number of ether oxygens (including phenoxy) is 2. The van der Waals surface area contributed by atoms with Gasteiger partial charge in [-0.15, -0.1) is 0 Å². The zero-order chi connectivity index (χ0) is 19.7. The number of rotatable bonds is 2. The Morgan fingerprint density at radius 2 is 2.25 bits per heavy atom. The Balaban J connectivity index is 0.000000283. The molecule has 142 valence electrons. The molecule has 1 aromatic carbocycles. The molecular weight excluding hydrogens is 362 g/mol. The van der Waals surface area contributed by atoms with Gasteiger partial charge in [0.1, 0.15) is 29.2 Å². The fraction of sp³-hybridized carbons (Fsp3) is 0.316. The molecule has 1 aromatic heterocycles. The summed E-state index contributed by atoms with van der Waals surface area (Å²) in [6.45, 7) is 1.19. The molecule has 0 spiro atoms. The summed E-state index contributed by atoms with van der Waals surface area (Å²) in [5.74, 6) is 3.21. The van der Waals surface area contributed by atoms with E-state index >= 15 is 0 Å². The van der Waals surface area contributed by atoms with E-state index < -0.39 is 5.91 Å². The van der Waals surface area contributed by atoms with E-state index in [2.05, 4.69) is 26.4 Å². The van der Waals surface area contributed by atoms with Crippen LogP contribution in [-0.2, 0) is 16.0 Å². The maximum Gasteiger partial charge on any atom is 0.225 e. The Morgan fingerprint density at radius 3 is 3.00 bits per heavy atom. The van der Waals surface area contributed by atoms with Gasteiger partial charge in [0.15, 0.2) is 0 Å². The minimum atomic E-state index is -0.502. The summed E-state index contributed by atoms with van der Waals surface area (Å²) >= 11 is 0. The van der Waals surface area contributed by atoms with Gasteiger partial charge in [-0.3, -0.25) is 9.59 Å². The third-order valence-electron chi connectivity index (χ3n) is 4.68. The standard InChI is InChI=1S/C17H14N2O3.C2H3N3O/c20-16-4-2-10-14(5-6-18-17(10)19-16)21-9-1-3-13-11(7-9)12-8-15(12)22-13;1-2(6)4-5-3/h1,3,5-7,12,15H,2,4,8H2,(H,18,19,20);1H3. The van der Waals surface area contributed by atoms with Crippen molar-refractivity contribution in [3.63, 3.8) is 0 Å². The summed E-state index contributed by atoms with van der Waals surface area (Å²) in [6.07, 6.45) is 4.29. The summed E-state index contributed by atoms with van der Waals surface area (Å²) in [5, 5.41) is 5.46. The lowest BCUT2D eigenvalue weighted by molar-refractivity contribution is -0.117. The average Bonchev–Trinajstić information content (AvgIpc) is 3.34. The normalized spacial score (nSPS) is 20.0. The van der Waals surface area contributed by atoms with Crippen molar-refractivity contribution in [3.05, 3.63) is 52.0 Å². The third kappa shape index (κ3) is 3.60. The number of pyridine rings is 1. The first-order valence-corrected chi connectivity index (χ1v) is 8.87.